The van der Waals surface area contributed by atoms with Crippen LogP contribution in [0.1, 0.15) is 80.1 Å². The van der Waals surface area contributed by atoms with Crippen LogP contribution < -0.4 is 0 Å². The molecule has 0 fully saturated rings. The molecule has 0 heterocycles. The zero-order valence-corrected chi connectivity index (χ0v) is 21.3. The molecule has 0 nitrogen and oxygen atoms in total. The summed E-state index contributed by atoms with van der Waals surface area (Å²) < 4.78 is 0. The molecule has 134 valence electrons. The third kappa shape index (κ3) is 18.6. The average molecular weight is 489 g/mol. The molecule has 22 heavy (non-hydrogen) atoms. The van der Waals surface area contributed by atoms with Gasteiger partial charge in [-0.1, -0.05) is 74.8 Å². The van der Waals surface area contributed by atoms with Crippen LogP contribution in [0.4, 0.5) is 0 Å². The quantitative estimate of drug-likeness (QED) is 0.224. The first-order valence-electron chi connectivity index (χ1n) is 8.27. The molecule has 0 atom stereocenters. The molecule has 0 aromatic rings. The van der Waals surface area contributed by atoms with Crippen molar-refractivity contribution < 1.29 is 15.5 Å². The first-order valence-corrected chi connectivity index (χ1v) is 22.4. The Morgan fingerprint density at radius 1 is 0.909 bits per heavy atom. The molecule has 0 aliphatic rings. The van der Waals surface area contributed by atoms with Crippen molar-refractivity contribution in [2.45, 2.75) is 91.4 Å². The summed E-state index contributed by atoms with van der Waals surface area (Å²) in [4.78, 5) is 0. The van der Waals surface area contributed by atoms with E-state index in [1.54, 1.807) is 5.31 Å². The Morgan fingerprint density at radius 2 is 1.32 bits per heavy atom. The van der Waals surface area contributed by atoms with Gasteiger partial charge in [0, 0.05) is 0 Å². The van der Waals surface area contributed by atoms with Crippen LogP contribution in [0.3, 0.4) is 0 Å². The van der Waals surface area contributed by atoms with E-state index in [0.29, 0.717) is 0 Å². The molecule has 0 saturated heterocycles. The maximum absolute atomic E-state index is 5.04. The zero-order valence-electron chi connectivity index (χ0n) is 14.9. The second-order valence-corrected chi connectivity index (χ2v) is 31.8. The van der Waals surface area contributed by atoms with Crippen LogP contribution >= 0.6 is 42.0 Å². The SMILES string of the molecule is CCCCC=C(CCCC)P(C(C)C)C(C)C.[Cl][Zr]([Cl])([Cl])[Cl]. The van der Waals surface area contributed by atoms with Crippen molar-refractivity contribution in [2.24, 2.45) is 0 Å². The van der Waals surface area contributed by atoms with Crippen molar-refractivity contribution in [3.8, 4) is 0 Å². The molecular formula is C16H33Cl4PZr. The molecule has 0 rings (SSSR count). The number of unbranched alkanes of at least 4 members (excludes halogenated alkanes) is 3. The van der Waals surface area contributed by atoms with E-state index in [9.17, 15) is 0 Å². The Labute approximate surface area is 159 Å². The third-order valence-electron chi connectivity index (χ3n) is 3.17. The zero-order chi connectivity index (χ0) is 17.8. The van der Waals surface area contributed by atoms with Gasteiger partial charge < -0.3 is 0 Å². The van der Waals surface area contributed by atoms with Crippen LogP contribution in [0, 0.1) is 0 Å². The minimum atomic E-state index is -3.29. The molecule has 0 radical (unpaired) electrons. The van der Waals surface area contributed by atoms with Gasteiger partial charge in [0.05, 0.1) is 0 Å². The van der Waals surface area contributed by atoms with Crippen LogP contribution in [0.5, 0.6) is 0 Å². The number of rotatable bonds is 9. The Bertz CT molecular complexity index is 274. The van der Waals surface area contributed by atoms with Gasteiger partial charge in [0.25, 0.3) is 0 Å². The van der Waals surface area contributed by atoms with Crippen molar-refractivity contribution in [3.63, 3.8) is 0 Å². The number of hydrogen-bond acceptors (Lipinski definition) is 0. The predicted octanol–water partition coefficient (Wildman–Crippen LogP) is 9.30. The van der Waals surface area contributed by atoms with E-state index in [-0.39, 0.29) is 7.92 Å². The second kappa shape index (κ2) is 15.5. The molecule has 0 saturated carbocycles. The van der Waals surface area contributed by atoms with Crippen LogP contribution in [0.25, 0.3) is 0 Å². The number of hydrogen-bond donors (Lipinski definition) is 0. The minimum absolute atomic E-state index is 0.0908. The van der Waals surface area contributed by atoms with Crippen molar-refractivity contribution in [1.82, 2.24) is 0 Å². The van der Waals surface area contributed by atoms with Crippen molar-refractivity contribution in [3.05, 3.63) is 11.4 Å². The van der Waals surface area contributed by atoms with E-state index in [1.165, 1.54) is 38.5 Å². The van der Waals surface area contributed by atoms with Crippen molar-refractivity contribution in [2.75, 3.05) is 0 Å². The Balaban J connectivity index is 0. The molecule has 0 aliphatic carbocycles. The van der Waals surface area contributed by atoms with E-state index >= 15 is 0 Å². The number of allylic oxidation sites excluding steroid dienone is 2. The molecule has 0 unspecified atom stereocenters. The predicted molar refractivity (Wildman–Crippen MR) is 108 cm³/mol. The fourth-order valence-corrected chi connectivity index (χ4v) is 5.70. The Hall–Kier alpha value is 2.21. The van der Waals surface area contributed by atoms with Gasteiger partial charge in [-0.25, -0.2) is 0 Å². The van der Waals surface area contributed by atoms with E-state index < -0.39 is 15.5 Å². The summed E-state index contributed by atoms with van der Waals surface area (Å²) >= 11 is -3.29. The van der Waals surface area contributed by atoms with Crippen molar-refractivity contribution in [1.29, 1.82) is 0 Å². The molecule has 0 aromatic heterocycles. The average Bonchev–Trinajstić information content (AvgIpc) is 2.32. The Kier molecular flexibility index (Phi) is 18.6. The summed E-state index contributed by atoms with van der Waals surface area (Å²) in [6.45, 7) is 14.2. The van der Waals surface area contributed by atoms with Gasteiger partial charge in [-0.15, -0.1) is 0 Å². The summed E-state index contributed by atoms with van der Waals surface area (Å²) in [6.07, 6.45) is 10.6. The fraction of sp³-hybridized carbons (Fsp3) is 0.875. The van der Waals surface area contributed by atoms with Gasteiger partial charge in [0.15, 0.2) is 0 Å². The summed E-state index contributed by atoms with van der Waals surface area (Å²) in [5.41, 5.74) is 1.68. The van der Waals surface area contributed by atoms with Gasteiger partial charge in [-0.2, -0.15) is 0 Å². The van der Waals surface area contributed by atoms with E-state index in [1.807, 2.05) is 0 Å². The van der Waals surface area contributed by atoms with Crippen molar-refractivity contribution >= 4 is 42.0 Å². The van der Waals surface area contributed by atoms with Gasteiger partial charge in [-0.3, -0.25) is 0 Å². The van der Waals surface area contributed by atoms with Gasteiger partial charge in [0.2, 0.25) is 0 Å². The van der Waals surface area contributed by atoms with E-state index in [0.717, 1.165) is 11.3 Å². The molecule has 0 N–H and O–H groups in total. The van der Waals surface area contributed by atoms with E-state index in [2.05, 4.69) is 47.6 Å². The molecule has 0 aromatic carbocycles. The summed E-state index contributed by atoms with van der Waals surface area (Å²) in [7, 11) is 20.2. The first kappa shape index (κ1) is 26.4. The van der Waals surface area contributed by atoms with Gasteiger partial charge in [0.1, 0.15) is 0 Å². The monoisotopic (exact) mass is 486 g/mol. The van der Waals surface area contributed by atoms with Gasteiger partial charge >= 0.3 is 49.5 Å². The summed E-state index contributed by atoms with van der Waals surface area (Å²) in [5.74, 6) is 0. The Morgan fingerprint density at radius 3 is 1.64 bits per heavy atom. The molecule has 0 amide bonds. The topological polar surface area (TPSA) is 0 Å². The molecule has 0 bridgehead atoms. The third-order valence-corrected chi connectivity index (χ3v) is 6.46. The maximum atomic E-state index is 5.04. The van der Waals surface area contributed by atoms with Crippen LogP contribution in [-0.4, -0.2) is 11.3 Å². The summed E-state index contributed by atoms with van der Waals surface area (Å²) in [6, 6.07) is 0. The van der Waals surface area contributed by atoms with Gasteiger partial charge in [-0.05, 0) is 35.9 Å². The summed E-state index contributed by atoms with van der Waals surface area (Å²) in [5, 5.41) is 1.81. The molecule has 0 spiro atoms. The second-order valence-electron chi connectivity index (χ2n) is 5.96. The van der Waals surface area contributed by atoms with Crippen LogP contribution in [-0.2, 0) is 15.5 Å². The van der Waals surface area contributed by atoms with E-state index in [4.69, 9.17) is 34.1 Å². The normalized spacial score (nSPS) is 12.9. The number of halogens is 4. The molecule has 0 aliphatic heterocycles. The van der Waals surface area contributed by atoms with Crippen LogP contribution in [0.2, 0.25) is 0 Å². The first-order chi connectivity index (χ1) is 10.0. The fourth-order valence-electron chi connectivity index (χ4n) is 2.43. The standard InChI is InChI=1S/C16H33P.4ClH.Zr/c1-7-9-11-13-16(12-10-8-2)17(14(3)4)15(5)6;;;;;/h13-15H,7-12H2,1-6H3;4*1H;/q;;;;;+4/p-4. The van der Waals surface area contributed by atoms with Crippen LogP contribution in [0.15, 0.2) is 11.4 Å². The molecular weight excluding hydrogens is 456 g/mol. The molecule has 6 heteroatoms.